The Bertz CT molecular complexity index is 371. The largest absolute Gasteiger partial charge is 0.377 e. The second kappa shape index (κ2) is 8.64. The summed E-state index contributed by atoms with van der Waals surface area (Å²) in [7, 11) is 4.22. The van der Waals surface area contributed by atoms with Gasteiger partial charge in [-0.25, -0.2) is 0 Å². The summed E-state index contributed by atoms with van der Waals surface area (Å²) in [4.78, 5) is 4.75. The molecule has 1 aromatic carbocycles. The number of hydrogen-bond donors (Lipinski definition) is 1. The standard InChI is InChI=1S/C14H23N3.2ClH/c1-12-10-15-8-9-17(12)11-13-6-4-5-7-14(13)16(2)3;;/h4-7,12,15H,8-11H2,1-3H3;2*1H/t12-;;/m0../s1. The zero-order chi connectivity index (χ0) is 12.3. The van der Waals surface area contributed by atoms with Gasteiger partial charge in [-0.15, -0.1) is 24.8 Å². The molecule has 1 N–H and O–H groups in total. The van der Waals surface area contributed by atoms with Gasteiger partial charge in [-0.3, -0.25) is 4.90 Å². The molecule has 0 aliphatic carbocycles. The maximum absolute atomic E-state index is 3.44. The molecule has 1 aliphatic rings. The molecule has 0 spiro atoms. The van der Waals surface area contributed by atoms with E-state index in [-0.39, 0.29) is 24.8 Å². The Kier molecular flexibility index (Phi) is 8.42. The monoisotopic (exact) mass is 305 g/mol. The van der Waals surface area contributed by atoms with Crippen LogP contribution in [0.5, 0.6) is 0 Å². The molecule has 5 heteroatoms. The highest BCUT2D eigenvalue weighted by Crippen LogP contribution is 2.20. The molecule has 0 radical (unpaired) electrons. The smallest absolute Gasteiger partial charge is 0.0406 e. The predicted octanol–water partition coefficient (Wildman–Crippen LogP) is 2.39. The molecule has 0 unspecified atom stereocenters. The fourth-order valence-electron chi connectivity index (χ4n) is 2.42. The third-order valence-electron chi connectivity index (χ3n) is 3.49. The number of para-hydroxylation sites is 1. The van der Waals surface area contributed by atoms with E-state index in [1.54, 1.807) is 0 Å². The number of nitrogens with one attached hydrogen (secondary N) is 1. The van der Waals surface area contributed by atoms with Crippen LogP contribution >= 0.6 is 24.8 Å². The Morgan fingerprint density at radius 1 is 1.26 bits per heavy atom. The van der Waals surface area contributed by atoms with E-state index in [4.69, 9.17) is 0 Å². The van der Waals surface area contributed by atoms with Crippen LogP contribution in [0.15, 0.2) is 24.3 Å². The topological polar surface area (TPSA) is 18.5 Å². The second-order valence-corrected chi connectivity index (χ2v) is 5.05. The third-order valence-corrected chi connectivity index (χ3v) is 3.49. The maximum Gasteiger partial charge on any atom is 0.0406 e. The van der Waals surface area contributed by atoms with Crippen molar-refractivity contribution in [1.29, 1.82) is 0 Å². The number of hydrogen-bond acceptors (Lipinski definition) is 3. The van der Waals surface area contributed by atoms with E-state index in [0.29, 0.717) is 6.04 Å². The average molecular weight is 306 g/mol. The van der Waals surface area contributed by atoms with E-state index in [0.717, 1.165) is 26.2 Å². The number of benzene rings is 1. The minimum atomic E-state index is 0. The van der Waals surface area contributed by atoms with Crippen LogP contribution in [-0.4, -0.2) is 44.7 Å². The lowest BCUT2D eigenvalue weighted by Gasteiger charge is -2.34. The summed E-state index contributed by atoms with van der Waals surface area (Å²) in [5.74, 6) is 0. The predicted molar refractivity (Wildman–Crippen MR) is 88.0 cm³/mol. The summed E-state index contributed by atoms with van der Waals surface area (Å²) >= 11 is 0. The van der Waals surface area contributed by atoms with Crippen LogP contribution in [0.4, 0.5) is 5.69 Å². The molecule has 0 bridgehead atoms. The molecule has 1 atom stereocenters. The van der Waals surface area contributed by atoms with Crippen molar-refractivity contribution in [3.05, 3.63) is 29.8 Å². The van der Waals surface area contributed by atoms with E-state index in [1.807, 2.05) is 0 Å². The first-order chi connectivity index (χ1) is 8.18. The third kappa shape index (κ3) is 4.84. The van der Waals surface area contributed by atoms with Gasteiger partial charge < -0.3 is 10.2 Å². The van der Waals surface area contributed by atoms with E-state index >= 15 is 0 Å². The zero-order valence-corrected chi connectivity index (χ0v) is 13.6. The second-order valence-electron chi connectivity index (χ2n) is 5.05. The van der Waals surface area contributed by atoms with Gasteiger partial charge in [0.05, 0.1) is 0 Å². The first kappa shape index (κ1) is 18.5. The summed E-state index contributed by atoms with van der Waals surface area (Å²) in [6, 6.07) is 9.31. The lowest BCUT2D eigenvalue weighted by Crippen LogP contribution is -2.49. The molecule has 110 valence electrons. The fraction of sp³-hybridized carbons (Fsp3) is 0.571. The molecular formula is C14H25Cl2N3. The van der Waals surface area contributed by atoms with Crippen LogP contribution in [-0.2, 0) is 6.54 Å². The summed E-state index contributed by atoms with van der Waals surface area (Å²) in [6.07, 6.45) is 0. The van der Waals surface area contributed by atoms with Crippen LogP contribution < -0.4 is 10.2 Å². The van der Waals surface area contributed by atoms with Crippen molar-refractivity contribution < 1.29 is 0 Å². The Balaban J connectivity index is 0.00000162. The first-order valence-electron chi connectivity index (χ1n) is 6.38. The number of halogens is 2. The normalized spacial score (nSPS) is 19.2. The minimum Gasteiger partial charge on any atom is -0.377 e. The Morgan fingerprint density at radius 3 is 2.58 bits per heavy atom. The lowest BCUT2D eigenvalue weighted by molar-refractivity contribution is 0.166. The van der Waals surface area contributed by atoms with E-state index < -0.39 is 0 Å². The van der Waals surface area contributed by atoms with Crippen LogP contribution in [0.2, 0.25) is 0 Å². The number of piperazine rings is 1. The number of nitrogens with zero attached hydrogens (tertiary/aromatic N) is 2. The highest BCUT2D eigenvalue weighted by atomic mass is 35.5. The van der Waals surface area contributed by atoms with Gasteiger partial charge in [0.25, 0.3) is 0 Å². The summed E-state index contributed by atoms with van der Waals surface area (Å²) < 4.78 is 0. The molecule has 0 amide bonds. The Hall–Kier alpha value is -0.480. The molecule has 1 saturated heterocycles. The van der Waals surface area contributed by atoms with Crippen molar-refractivity contribution in [3.8, 4) is 0 Å². The summed E-state index contributed by atoms with van der Waals surface area (Å²) in [5.41, 5.74) is 2.75. The highest BCUT2D eigenvalue weighted by molar-refractivity contribution is 5.85. The Labute approximate surface area is 129 Å². The van der Waals surface area contributed by atoms with Gasteiger partial charge in [-0.1, -0.05) is 18.2 Å². The average Bonchev–Trinajstić information content (AvgIpc) is 2.32. The van der Waals surface area contributed by atoms with E-state index in [1.165, 1.54) is 11.3 Å². The van der Waals surface area contributed by atoms with Crippen LogP contribution in [0.1, 0.15) is 12.5 Å². The van der Waals surface area contributed by atoms with E-state index in [2.05, 4.69) is 60.4 Å². The summed E-state index contributed by atoms with van der Waals surface area (Å²) in [6.45, 7) is 6.70. The molecule has 1 fully saturated rings. The van der Waals surface area contributed by atoms with Crippen molar-refractivity contribution in [2.45, 2.75) is 19.5 Å². The van der Waals surface area contributed by atoms with Gasteiger partial charge in [0.2, 0.25) is 0 Å². The van der Waals surface area contributed by atoms with Gasteiger partial charge in [-0.05, 0) is 18.6 Å². The molecule has 2 rings (SSSR count). The maximum atomic E-state index is 3.44. The van der Waals surface area contributed by atoms with Gasteiger partial charge in [0, 0.05) is 52.0 Å². The molecule has 0 saturated carbocycles. The van der Waals surface area contributed by atoms with Crippen molar-refractivity contribution in [1.82, 2.24) is 10.2 Å². The van der Waals surface area contributed by atoms with Gasteiger partial charge in [-0.2, -0.15) is 0 Å². The SMILES string of the molecule is C[C@H]1CNCCN1Cc1ccccc1N(C)C.Cl.Cl. The number of anilines is 1. The quantitative estimate of drug-likeness (QED) is 0.925. The van der Waals surface area contributed by atoms with Crippen LogP contribution in [0.25, 0.3) is 0 Å². The van der Waals surface area contributed by atoms with Crippen molar-refractivity contribution >= 4 is 30.5 Å². The molecule has 19 heavy (non-hydrogen) atoms. The van der Waals surface area contributed by atoms with Crippen molar-refractivity contribution in [3.63, 3.8) is 0 Å². The van der Waals surface area contributed by atoms with Crippen molar-refractivity contribution in [2.24, 2.45) is 0 Å². The number of rotatable bonds is 3. The van der Waals surface area contributed by atoms with Gasteiger partial charge >= 0.3 is 0 Å². The fourth-order valence-corrected chi connectivity index (χ4v) is 2.42. The minimum absolute atomic E-state index is 0. The molecule has 1 aliphatic heterocycles. The first-order valence-corrected chi connectivity index (χ1v) is 6.38. The molecular weight excluding hydrogens is 281 g/mol. The van der Waals surface area contributed by atoms with Crippen LogP contribution in [0.3, 0.4) is 0 Å². The van der Waals surface area contributed by atoms with E-state index in [9.17, 15) is 0 Å². The summed E-state index contributed by atoms with van der Waals surface area (Å²) in [5, 5.41) is 3.44. The highest BCUT2D eigenvalue weighted by Gasteiger charge is 2.18. The lowest BCUT2D eigenvalue weighted by atomic mass is 10.1. The van der Waals surface area contributed by atoms with Gasteiger partial charge in [0.1, 0.15) is 0 Å². The van der Waals surface area contributed by atoms with Gasteiger partial charge in [0.15, 0.2) is 0 Å². The zero-order valence-electron chi connectivity index (χ0n) is 11.9. The molecule has 0 aromatic heterocycles. The van der Waals surface area contributed by atoms with Crippen molar-refractivity contribution in [2.75, 3.05) is 38.6 Å². The molecule has 1 aromatic rings. The molecule has 1 heterocycles. The molecule has 3 nitrogen and oxygen atoms in total. The van der Waals surface area contributed by atoms with Crippen LogP contribution in [0, 0.1) is 0 Å². The Morgan fingerprint density at radius 2 is 1.95 bits per heavy atom.